The highest BCUT2D eigenvalue weighted by Crippen LogP contribution is 2.35. The third-order valence-corrected chi connectivity index (χ3v) is 4.41. The van der Waals surface area contributed by atoms with E-state index in [1.54, 1.807) is 0 Å². The van der Waals surface area contributed by atoms with Gasteiger partial charge in [0.2, 0.25) is 5.89 Å². The molecule has 18 heavy (non-hydrogen) atoms. The minimum Gasteiger partial charge on any atom is -0.339 e. The van der Waals surface area contributed by atoms with E-state index >= 15 is 0 Å². The number of aromatic nitrogens is 2. The van der Waals surface area contributed by atoms with Crippen LogP contribution in [0.15, 0.2) is 4.52 Å². The number of fused-ring (bicyclic) bond motifs is 1. The van der Waals surface area contributed by atoms with Crippen LogP contribution in [0.25, 0.3) is 0 Å². The van der Waals surface area contributed by atoms with Gasteiger partial charge in [-0.1, -0.05) is 18.5 Å². The van der Waals surface area contributed by atoms with Crippen LogP contribution in [0.4, 0.5) is 0 Å². The van der Waals surface area contributed by atoms with E-state index in [4.69, 9.17) is 10.3 Å². The lowest BCUT2D eigenvalue weighted by atomic mass is 9.78. The Balaban J connectivity index is 1.61. The molecule has 3 atom stereocenters. The zero-order valence-electron chi connectivity index (χ0n) is 11.0. The van der Waals surface area contributed by atoms with Gasteiger partial charge in [-0.15, -0.1) is 0 Å². The van der Waals surface area contributed by atoms with E-state index in [-0.39, 0.29) is 0 Å². The van der Waals surface area contributed by atoms with Gasteiger partial charge < -0.3 is 10.3 Å². The predicted molar refractivity (Wildman–Crippen MR) is 67.8 cm³/mol. The molecule has 1 aromatic heterocycles. The second-order valence-electron chi connectivity index (χ2n) is 5.67. The second kappa shape index (κ2) is 4.97. The van der Waals surface area contributed by atoms with Crippen LogP contribution in [-0.4, -0.2) is 34.2 Å². The van der Waals surface area contributed by atoms with Gasteiger partial charge in [-0.3, -0.25) is 4.90 Å². The van der Waals surface area contributed by atoms with E-state index in [1.165, 1.54) is 19.3 Å². The zero-order valence-corrected chi connectivity index (χ0v) is 11.0. The highest BCUT2D eigenvalue weighted by molar-refractivity contribution is 4.95. The van der Waals surface area contributed by atoms with Crippen molar-refractivity contribution in [1.82, 2.24) is 15.0 Å². The number of aryl methyl sites for hydroxylation is 1. The van der Waals surface area contributed by atoms with E-state index in [0.29, 0.717) is 12.0 Å². The third-order valence-electron chi connectivity index (χ3n) is 4.41. The van der Waals surface area contributed by atoms with Crippen LogP contribution in [0, 0.1) is 11.8 Å². The smallest absolute Gasteiger partial charge is 0.226 e. The Morgan fingerprint density at radius 1 is 1.39 bits per heavy atom. The van der Waals surface area contributed by atoms with E-state index in [0.717, 1.165) is 43.7 Å². The molecule has 2 heterocycles. The third kappa shape index (κ3) is 2.29. The molecule has 0 spiro atoms. The van der Waals surface area contributed by atoms with Crippen molar-refractivity contribution in [3.8, 4) is 0 Å². The molecule has 100 valence electrons. The summed E-state index contributed by atoms with van der Waals surface area (Å²) >= 11 is 0. The maximum Gasteiger partial charge on any atom is 0.226 e. The maximum atomic E-state index is 6.22. The van der Waals surface area contributed by atoms with Gasteiger partial charge in [-0.2, -0.15) is 4.98 Å². The molecule has 5 heteroatoms. The first-order valence-corrected chi connectivity index (χ1v) is 7.05. The molecule has 5 nitrogen and oxygen atoms in total. The molecule has 1 aliphatic carbocycles. The van der Waals surface area contributed by atoms with Crippen molar-refractivity contribution in [1.29, 1.82) is 0 Å². The van der Waals surface area contributed by atoms with Crippen molar-refractivity contribution >= 4 is 0 Å². The minimum atomic E-state index is 0.394. The highest BCUT2D eigenvalue weighted by atomic mass is 16.5. The lowest BCUT2D eigenvalue weighted by molar-refractivity contribution is 0.258. The van der Waals surface area contributed by atoms with Gasteiger partial charge in [0.25, 0.3) is 0 Å². The average molecular weight is 250 g/mol. The van der Waals surface area contributed by atoms with Crippen molar-refractivity contribution in [3.05, 3.63) is 11.7 Å². The van der Waals surface area contributed by atoms with E-state index in [9.17, 15) is 0 Å². The lowest BCUT2D eigenvalue weighted by Crippen LogP contribution is -2.38. The molecular weight excluding hydrogens is 228 g/mol. The normalized spacial score (nSPS) is 32.7. The van der Waals surface area contributed by atoms with Gasteiger partial charge in [0.1, 0.15) is 0 Å². The summed E-state index contributed by atoms with van der Waals surface area (Å²) in [6.45, 7) is 5.08. The number of rotatable bonds is 3. The molecule has 1 aliphatic heterocycles. The fourth-order valence-corrected chi connectivity index (χ4v) is 3.44. The summed E-state index contributed by atoms with van der Waals surface area (Å²) in [6, 6.07) is 0.394. The van der Waals surface area contributed by atoms with Crippen LogP contribution in [-0.2, 0) is 13.0 Å². The van der Waals surface area contributed by atoms with Gasteiger partial charge in [-0.25, -0.2) is 0 Å². The largest absolute Gasteiger partial charge is 0.339 e. The molecular formula is C13H22N4O. The van der Waals surface area contributed by atoms with Gasteiger partial charge in [-0.05, 0) is 24.7 Å². The van der Waals surface area contributed by atoms with Crippen molar-refractivity contribution in [2.75, 3.05) is 13.1 Å². The Bertz CT molecular complexity index is 405. The summed E-state index contributed by atoms with van der Waals surface area (Å²) in [5.41, 5.74) is 6.22. The summed E-state index contributed by atoms with van der Waals surface area (Å²) < 4.78 is 5.15. The van der Waals surface area contributed by atoms with Crippen molar-refractivity contribution in [2.24, 2.45) is 17.6 Å². The monoisotopic (exact) mass is 250 g/mol. The molecule has 2 N–H and O–H groups in total. The zero-order chi connectivity index (χ0) is 12.5. The molecule has 3 rings (SSSR count). The molecule has 1 aromatic rings. The van der Waals surface area contributed by atoms with Crippen molar-refractivity contribution < 1.29 is 4.52 Å². The van der Waals surface area contributed by atoms with Gasteiger partial charge in [0.05, 0.1) is 6.54 Å². The quantitative estimate of drug-likeness (QED) is 0.872. The number of hydrogen-bond acceptors (Lipinski definition) is 5. The summed E-state index contributed by atoms with van der Waals surface area (Å²) in [5, 5.41) is 4.03. The van der Waals surface area contributed by atoms with Crippen LogP contribution < -0.4 is 5.73 Å². The fraction of sp³-hybridized carbons (Fsp3) is 0.846. The molecule has 2 aliphatic rings. The molecule has 3 unspecified atom stereocenters. The maximum absolute atomic E-state index is 6.22. The molecule has 1 saturated heterocycles. The number of nitrogens with zero attached hydrogens (tertiary/aromatic N) is 3. The first-order chi connectivity index (χ1) is 8.76. The Morgan fingerprint density at radius 2 is 2.28 bits per heavy atom. The summed E-state index contributed by atoms with van der Waals surface area (Å²) in [6.07, 6.45) is 4.63. The molecule has 0 amide bonds. The van der Waals surface area contributed by atoms with Gasteiger partial charge >= 0.3 is 0 Å². The van der Waals surface area contributed by atoms with Crippen LogP contribution in [0.1, 0.15) is 37.9 Å². The van der Waals surface area contributed by atoms with E-state index in [2.05, 4.69) is 15.0 Å². The molecule has 2 fully saturated rings. The SMILES string of the molecule is CCc1nc(CN2CC3CCCC(N)C3C2)no1. The van der Waals surface area contributed by atoms with Crippen LogP contribution >= 0.6 is 0 Å². The topological polar surface area (TPSA) is 68.2 Å². The lowest BCUT2D eigenvalue weighted by Gasteiger charge is -2.29. The van der Waals surface area contributed by atoms with E-state index in [1.807, 2.05) is 6.92 Å². The molecule has 0 bridgehead atoms. The van der Waals surface area contributed by atoms with Crippen LogP contribution in [0.3, 0.4) is 0 Å². The fourth-order valence-electron chi connectivity index (χ4n) is 3.44. The Morgan fingerprint density at radius 3 is 3.00 bits per heavy atom. The number of hydrogen-bond donors (Lipinski definition) is 1. The molecule has 1 saturated carbocycles. The highest BCUT2D eigenvalue weighted by Gasteiger charge is 2.38. The summed E-state index contributed by atoms with van der Waals surface area (Å²) in [7, 11) is 0. The molecule has 0 radical (unpaired) electrons. The predicted octanol–water partition coefficient (Wildman–Crippen LogP) is 1.19. The minimum absolute atomic E-state index is 0.394. The molecule has 0 aromatic carbocycles. The first-order valence-electron chi connectivity index (χ1n) is 7.05. The number of likely N-dealkylation sites (tertiary alicyclic amines) is 1. The Hall–Kier alpha value is -0.940. The van der Waals surface area contributed by atoms with Crippen molar-refractivity contribution in [3.63, 3.8) is 0 Å². The van der Waals surface area contributed by atoms with E-state index < -0.39 is 0 Å². The summed E-state index contributed by atoms with van der Waals surface area (Å²) in [5.74, 6) is 3.01. The first kappa shape index (κ1) is 12.1. The Labute approximate surface area is 108 Å². The van der Waals surface area contributed by atoms with Gasteiger partial charge in [0, 0.05) is 25.6 Å². The second-order valence-corrected chi connectivity index (χ2v) is 5.67. The van der Waals surface area contributed by atoms with Crippen molar-refractivity contribution in [2.45, 2.75) is 45.2 Å². The standard InChI is InChI=1S/C13H22N4O/c1-2-13-15-12(16-18-13)8-17-6-9-4-3-5-11(14)10(9)7-17/h9-11H,2-8,14H2,1H3. The Kier molecular flexibility index (Phi) is 3.35. The van der Waals surface area contributed by atoms with Gasteiger partial charge in [0.15, 0.2) is 5.82 Å². The summed E-state index contributed by atoms with van der Waals surface area (Å²) in [4.78, 5) is 6.81. The van der Waals surface area contributed by atoms with Crippen LogP contribution in [0.5, 0.6) is 0 Å². The van der Waals surface area contributed by atoms with Crippen LogP contribution in [0.2, 0.25) is 0 Å². The number of nitrogens with two attached hydrogens (primary N) is 1. The average Bonchev–Trinajstić information content (AvgIpc) is 2.96.